The molecule has 0 spiro atoms. The molecule has 2 N–H and O–H groups in total. The monoisotopic (exact) mass is 274 g/mol. The molecule has 0 fully saturated rings. The molecule has 1 aromatic heterocycles. The molecule has 0 bridgehead atoms. The van der Waals surface area contributed by atoms with Gasteiger partial charge in [0.25, 0.3) is 0 Å². The molecule has 0 aliphatic rings. The van der Waals surface area contributed by atoms with Crippen LogP contribution in [0.3, 0.4) is 0 Å². The molecule has 0 radical (unpaired) electrons. The Morgan fingerprint density at radius 2 is 1.85 bits per heavy atom. The summed E-state index contributed by atoms with van der Waals surface area (Å²) in [5.74, 6) is 0. The number of hydrogen-bond donors (Lipinski definition) is 2. The first-order valence-corrected chi connectivity index (χ1v) is 6.78. The summed E-state index contributed by atoms with van der Waals surface area (Å²) in [5.41, 5.74) is 3.60. The van der Waals surface area contributed by atoms with Crippen LogP contribution in [0.15, 0.2) is 36.7 Å². The molecule has 2 aromatic rings. The number of aromatic nitrogens is 2. The predicted molar refractivity (Wildman–Crippen MR) is 80.6 cm³/mol. The summed E-state index contributed by atoms with van der Waals surface area (Å²) in [4.78, 5) is 2.09. The first-order valence-electron chi connectivity index (χ1n) is 6.78. The maximum absolute atomic E-state index is 8.84. The van der Waals surface area contributed by atoms with Crippen LogP contribution in [0.4, 0.5) is 5.69 Å². The molecule has 20 heavy (non-hydrogen) atoms. The van der Waals surface area contributed by atoms with E-state index in [1.54, 1.807) is 4.68 Å². The number of benzene rings is 1. The first kappa shape index (κ1) is 14.6. The Hall–Kier alpha value is -1.85. The van der Waals surface area contributed by atoms with Gasteiger partial charge in [0.2, 0.25) is 0 Å². The molecule has 1 aromatic carbocycles. The molecule has 0 aliphatic heterocycles. The molecule has 1 heterocycles. The number of rotatable bonds is 7. The van der Waals surface area contributed by atoms with E-state index in [-0.39, 0.29) is 6.61 Å². The third-order valence-corrected chi connectivity index (χ3v) is 3.13. The predicted octanol–water partition coefficient (Wildman–Crippen LogP) is 1.23. The van der Waals surface area contributed by atoms with Crippen molar-refractivity contribution in [2.45, 2.75) is 19.6 Å². The zero-order chi connectivity index (χ0) is 14.4. The molecular formula is C15H22N4O. The van der Waals surface area contributed by atoms with E-state index in [2.05, 4.69) is 39.6 Å². The average molecular weight is 274 g/mol. The quantitative estimate of drug-likeness (QED) is 0.797. The smallest absolute Gasteiger partial charge is 0.0640 e. The highest BCUT2D eigenvalue weighted by Crippen LogP contribution is 2.12. The standard InChI is InChI=1S/C15H22N4O/c1-18(2)15-5-3-13(4-6-15)9-16-10-14-11-17-19(12-14)7-8-20/h3-6,11-12,16,20H,7-10H2,1-2H3. The summed E-state index contributed by atoms with van der Waals surface area (Å²) in [6.07, 6.45) is 3.79. The second-order valence-electron chi connectivity index (χ2n) is 5.00. The minimum atomic E-state index is 0.118. The minimum Gasteiger partial charge on any atom is -0.394 e. The molecule has 5 heteroatoms. The fraction of sp³-hybridized carbons (Fsp3) is 0.400. The Morgan fingerprint density at radius 3 is 2.50 bits per heavy atom. The van der Waals surface area contributed by atoms with Gasteiger partial charge in [-0.2, -0.15) is 5.10 Å². The summed E-state index contributed by atoms with van der Waals surface area (Å²) < 4.78 is 1.75. The summed E-state index contributed by atoms with van der Waals surface area (Å²) in [6, 6.07) is 8.52. The summed E-state index contributed by atoms with van der Waals surface area (Å²) >= 11 is 0. The second kappa shape index (κ2) is 7.07. The van der Waals surface area contributed by atoms with E-state index in [0.717, 1.165) is 18.7 Å². The van der Waals surface area contributed by atoms with Crippen molar-refractivity contribution in [2.75, 3.05) is 25.6 Å². The highest BCUT2D eigenvalue weighted by molar-refractivity contribution is 5.45. The lowest BCUT2D eigenvalue weighted by atomic mass is 10.2. The number of anilines is 1. The number of nitrogens with zero attached hydrogens (tertiary/aromatic N) is 3. The van der Waals surface area contributed by atoms with Crippen LogP contribution in [0.5, 0.6) is 0 Å². The zero-order valence-corrected chi connectivity index (χ0v) is 12.1. The Labute approximate surface area is 119 Å². The highest BCUT2D eigenvalue weighted by Gasteiger charge is 1.99. The Kier molecular flexibility index (Phi) is 5.15. The van der Waals surface area contributed by atoms with Gasteiger partial charge in [-0.1, -0.05) is 12.1 Å². The van der Waals surface area contributed by atoms with Crippen LogP contribution < -0.4 is 10.2 Å². The van der Waals surface area contributed by atoms with Crippen LogP contribution >= 0.6 is 0 Å². The Morgan fingerprint density at radius 1 is 1.15 bits per heavy atom. The van der Waals surface area contributed by atoms with Crippen LogP contribution in [0.2, 0.25) is 0 Å². The minimum absolute atomic E-state index is 0.118. The molecule has 0 saturated carbocycles. The Bertz CT molecular complexity index is 519. The first-order chi connectivity index (χ1) is 9.69. The highest BCUT2D eigenvalue weighted by atomic mass is 16.3. The molecule has 0 aliphatic carbocycles. The third-order valence-electron chi connectivity index (χ3n) is 3.13. The fourth-order valence-corrected chi connectivity index (χ4v) is 1.99. The van der Waals surface area contributed by atoms with E-state index in [9.17, 15) is 0 Å². The number of aliphatic hydroxyl groups is 1. The van der Waals surface area contributed by atoms with Gasteiger partial charge in [0.15, 0.2) is 0 Å². The van der Waals surface area contributed by atoms with Crippen LogP contribution in [0.1, 0.15) is 11.1 Å². The van der Waals surface area contributed by atoms with E-state index >= 15 is 0 Å². The lowest BCUT2D eigenvalue weighted by Gasteiger charge is -2.12. The molecule has 0 amide bonds. The molecule has 108 valence electrons. The van der Waals surface area contributed by atoms with Crippen molar-refractivity contribution in [3.8, 4) is 0 Å². The van der Waals surface area contributed by atoms with Gasteiger partial charge >= 0.3 is 0 Å². The second-order valence-corrected chi connectivity index (χ2v) is 5.00. The van der Waals surface area contributed by atoms with Crippen LogP contribution in [0.25, 0.3) is 0 Å². The van der Waals surface area contributed by atoms with Crippen molar-refractivity contribution in [3.05, 3.63) is 47.8 Å². The summed E-state index contributed by atoms with van der Waals surface area (Å²) in [6.45, 7) is 2.28. The molecule has 2 rings (SSSR count). The van der Waals surface area contributed by atoms with Gasteiger partial charge in [0.1, 0.15) is 0 Å². The maximum atomic E-state index is 8.84. The lowest BCUT2D eigenvalue weighted by Crippen LogP contribution is -2.13. The number of aliphatic hydroxyl groups excluding tert-OH is 1. The third kappa shape index (κ3) is 4.08. The topological polar surface area (TPSA) is 53.3 Å². The largest absolute Gasteiger partial charge is 0.394 e. The van der Waals surface area contributed by atoms with Crippen molar-refractivity contribution in [3.63, 3.8) is 0 Å². The lowest BCUT2D eigenvalue weighted by molar-refractivity contribution is 0.269. The van der Waals surface area contributed by atoms with Gasteiger partial charge in [-0.15, -0.1) is 0 Å². The van der Waals surface area contributed by atoms with E-state index in [4.69, 9.17) is 5.11 Å². The fourth-order valence-electron chi connectivity index (χ4n) is 1.99. The van der Waals surface area contributed by atoms with Gasteiger partial charge in [-0.25, -0.2) is 0 Å². The van der Waals surface area contributed by atoms with Crippen LogP contribution in [-0.2, 0) is 19.6 Å². The normalized spacial score (nSPS) is 10.8. The summed E-state index contributed by atoms with van der Waals surface area (Å²) in [5, 5.41) is 16.4. The van der Waals surface area contributed by atoms with Gasteiger partial charge in [0.05, 0.1) is 19.3 Å². The molecule has 0 atom stereocenters. The van der Waals surface area contributed by atoms with Crippen molar-refractivity contribution >= 4 is 5.69 Å². The van der Waals surface area contributed by atoms with E-state index in [1.165, 1.54) is 11.3 Å². The van der Waals surface area contributed by atoms with Crippen molar-refractivity contribution in [2.24, 2.45) is 0 Å². The molecular weight excluding hydrogens is 252 g/mol. The maximum Gasteiger partial charge on any atom is 0.0640 e. The van der Waals surface area contributed by atoms with E-state index < -0.39 is 0 Å². The van der Waals surface area contributed by atoms with Gasteiger partial charge < -0.3 is 15.3 Å². The molecule has 0 unspecified atom stereocenters. The molecule has 5 nitrogen and oxygen atoms in total. The van der Waals surface area contributed by atoms with Crippen molar-refractivity contribution in [1.82, 2.24) is 15.1 Å². The van der Waals surface area contributed by atoms with E-state index in [1.807, 2.05) is 26.5 Å². The number of hydrogen-bond acceptors (Lipinski definition) is 4. The SMILES string of the molecule is CN(C)c1ccc(CNCc2cnn(CCO)c2)cc1. The van der Waals surface area contributed by atoms with Crippen molar-refractivity contribution in [1.29, 1.82) is 0 Å². The summed E-state index contributed by atoms with van der Waals surface area (Å²) in [7, 11) is 4.08. The van der Waals surface area contributed by atoms with E-state index in [0.29, 0.717) is 6.54 Å². The van der Waals surface area contributed by atoms with Gasteiger partial charge in [-0.3, -0.25) is 4.68 Å². The van der Waals surface area contributed by atoms with Crippen molar-refractivity contribution < 1.29 is 5.11 Å². The Balaban J connectivity index is 1.79. The molecule has 0 saturated heterocycles. The zero-order valence-electron chi connectivity index (χ0n) is 12.1. The van der Waals surface area contributed by atoms with Crippen LogP contribution in [0, 0.1) is 0 Å². The number of nitrogens with one attached hydrogen (secondary N) is 1. The van der Waals surface area contributed by atoms with Gasteiger partial charge in [-0.05, 0) is 17.7 Å². The average Bonchev–Trinajstić information content (AvgIpc) is 2.87. The van der Waals surface area contributed by atoms with Gasteiger partial charge in [0, 0.05) is 44.6 Å². The van der Waals surface area contributed by atoms with Crippen LogP contribution in [-0.4, -0.2) is 35.6 Å².